The summed E-state index contributed by atoms with van der Waals surface area (Å²) >= 11 is 3.83. The molecule has 0 nitrogen and oxygen atoms in total. The van der Waals surface area contributed by atoms with Crippen molar-refractivity contribution in [2.45, 2.75) is 0 Å². The molecule has 0 saturated carbocycles. The Hall–Kier alpha value is -0.0135. The number of allylic oxidation sites excluding steroid dienone is 2. The Morgan fingerprint density at radius 2 is 2.00 bits per heavy atom. The van der Waals surface area contributed by atoms with Crippen molar-refractivity contribution >= 4 is 0 Å². The summed E-state index contributed by atoms with van der Waals surface area (Å²) < 4.78 is 0.706. The molecule has 0 aromatic carbocycles. The van der Waals surface area contributed by atoms with Crippen LogP contribution in [0.2, 0.25) is 0 Å². The molecule has 0 unspecified atom stereocenters. The van der Waals surface area contributed by atoms with Crippen molar-refractivity contribution in [3.8, 4) is 0 Å². The van der Waals surface area contributed by atoms with Crippen LogP contribution >= 0.6 is 0 Å². The summed E-state index contributed by atoms with van der Waals surface area (Å²) in [5.41, 5.74) is 0. The molecule has 0 spiro atoms. The zero-order valence-electron chi connectivity index (χ0n) is 2.82. The maximum absolute atomic E-state index is 3.83. The van der Waals surface area contributed by atoms with Crippen molar-refractivity contribution in [1.82, 2.24) is 0 Å². The van der Waals surface area contributed by atoms with Crippen molar-refractivity contribution in [3.05, 3.63) is 23.7 Å². The third-order valence-electron chi connectivity index (χ3n) is 0.212. The molecule has 0 fully saturated rings. The van der Waals surface area contributed by atoms with Gasteiger partial charge in [-0.25, -0.2) is 0 Å². The number of hydrogen-bond donors (Lipinski definition) is 0. The summed E-state index contributed by atoms with van der Waals surface area (Å²) in [6.45, 7) is 6.80. The average molecular weight is 112 g/mol. The Morgan fingerprint density at radius 1 is 1.80 bits per heavy atom. The second-order valence-electron chi connectivity index (χ2n) is 0.622. The first-order chi connectivity index (χ1) is 2.27. The fourth-order valence-corrected chi connectivity index (χ4v) is 0. The van der Waals surface area contributed by atoms with Crippen LogP contribution in [-0.2, 0) is 15.7 Å². The maximum atomic E-state index is 3.83. The summed E-state index contributed by atoms with van der Waals surface area (Å²) in [6, 6.07) is 0. The Morgan fingerprint density at radius 3 is 2.00 bits per heavy atom. The molecule has 0 atom stereocenters. The molecule has 0 rings (SSSR count). The van der Waals surface area contributed by atoms with Crippen LogP contribution in [0.3, 0.4) is 0 Å². The molecule has 0 aromatic rings. The van der Waals surface area contributed by atoms with Gasteiger partial charge in [-0.1, -0.05) is 0 Å². The van der Waals surface area contributed by atoms with E-state index < -0.39 is 0 Å². The van der Waals surface area contributed by atoms with Crippen LogP contribution in [0.5, 0.6) is 0 Å². The van der Waals surface area contributed by atoms with Gasteiger partial charge in [0.2, 0.25) is 0 Å². The van der Waals surface area contributed by atoms with E-state index in [2.05, 4.69) is 28.9 Å². The topological polar surface area (TPSA) is 0 Å². The van der Waals surface area contributed by atoms with Gasteiger partial charge in [0.25, 0.3) is 0 Å². The minimum absolute atomic E-state index is 0.706. The van der Waals surface area contributed by atoms with Crippen LogP contribution < -0.4 is 0 Å². The van der Waals surface area contributed by atoms with Crippen LogP contribution in [0.15, 0.2) is 23.7 Å². The molecule has 0 N–H and O–H groups in total. The molecule has 0 amide bonds. The second kappa shape index (κ2) is 2.24. The van der Waals surface area contributed by atoms with Crippen LogP contribution in [-0.4, -0.2) is 0 Å². The molecular weight excluding hydrogens is 107 g/mol. The molecular formula is C4H5Co. The van der Waals surface area contributed by atoms with E-state index in [0.29, 0.717) is 4.51 Å². The van der Waals surface area contributed by atoms with Gasteiger partial charge in [-0.05, 0) is 0 Å². The number of rotatable bonds is 1. The molecule has 5 heavy (non-hydrogen) atoms. The molecule has 0 aliphatic rings. The van der Waals surface area contributed by atoms with E-state index >= 15 is 0 Å². The van der Waals surface area contributed by atoms with Gasteiger partial charge in [0.05, 0.1) is 0 Å². The first-order valence-electron chi connectivity index (χ1n) is 1.22. The summed E-state index contributed by atoms with van der Waals surface area (Å²) in [6.07, 6.45) is 1.58. The summed E-state index contributed by atoms with van der Waals surface area (Å²) in [7, 11) is 0. The van der Waals surface area contributed by atoms with Gasteiger partial charge in [-0.15, -0.1) is 0 Å². The van der Waals surface area contributed by atoms with E-state index in [9.17, 15) is 0 Å². The molecule has 0 radical (unpaired) electrons. The Kier molecular flexibility index (Phi) is 2.23. The molecule has 0 saturated heterocycles. The molecule has 0 bridgehead atoms. The fourth-order valence-electron chi connectivity index (χ4n) is 0. The normalized spacial score (nSPS) is 6.80. The van der Waals surface area contributed by atoms with Crippen LogP contribution in [0.1, 0.15) is 0 Å². The predicted octanol–water partition coefficient (Wildman–Crippen LogP) is 1.23. The van der Waals surface area contributed by atoms with E-state index in [4.69, 9.17) is 0 Å². The zero-order valence-corrected chi connectivity index (χ0v) is 3.87. The van der Waals surface area contributed by atoms with Crippen molar-refractivity contribution < 1.29 is 15.7 Å². The van der Waals surface area contributed by atoms with Crippen LogP contribution in [0.4, 0.5) is 0 Å². The standard InChI is InChI=1S/C4H5.Co/c1-3-4-2;/h3H,1-2H2;. The summed E-state index contributed by atoms with van der Waals surface area (Å²) in [4.78, 5) is 0. The van der Waals surface area contributed by atoms with Crippen molar-refractivity contribution in [1.29, 1.82) is 0 Å². The van der Waals surface area contributed by atoms with E-state index in [1.807, 2.05) is 0 Å². The molecule has 1 heteroatoms. The quantitative estimate of drug-likeness (QED) is 0.447. The van der Waals surface area contributed by atoms with Gasteiger partial charge in [0, 0.05) is 0 Å². The SMILES string of the molecule is C=C[C](=C)[Co]. The van der Waals surface area contributed by atoms with Crippen LogP contribution in [0, 0.1) is 0 Å². The van der Waals surface area contributed by atoms with E-state index in [1.54, 1.807) is 6.08 Å². The fraction of sp³-hybridized carbons (Fsp3) is 0. The van der Waals surface area contributed by atoms with Crippen molar-refractivity contribution in [2.75, 3.05) is 0 Å². The molecule has 0 aliphatic heterocycles. The van der Waals surface area contributed by atoms with Crippen molar-refractivity contribution in [2.24, 2.45) is 0 Å². The predicted molar refractivity (Wildman–Crippen MR) is 19.3 cm³/mol. The third-order valence-corrected chi connectivity index (χ3v) is 0.425. The van der Waals surface area contributed by atoms with Gasteiger partial charge in [0.1, 0.15) is 0 Å². The zero-order chi connectivity index (χ0) is 4.28. The molecule has 30 valence electrons. The van der Waals surface area contributed by atoms with Gasteiger partial charge < -0.3 is 0 Å². The minimum atomic E-state index is 0.706. The summed E-state index contributed by atoms with van der Waals surface area (Å²) in [5.74, 6) is 0. The van der Waals surface area contributed by atoms with Gasteiger partial charge in [0.15, 0.2) is 0 Å². The second-order valence-corrected chi connectivity index (χ2v) is 1.29. The first-order valence-corrected chi connectivity index (χ1v) is 1.74. The van der Waals surface area contributed by atoms with Gasteiger partial charge in [-0.2, -0.15) is 0 Å². The van der Waals surface area contributed by atoms with E-state index in [0.717, 1.165) is 0 Å². The van der Waals surface area contributed by atoms with E-state index in [1.165, 1.54) is 0 Å². The number of hydrogen-bond acceptors (Lipinski definition) is 0. The Bertz CT molecular complexity index is 54.7. The Labute approximate surface area is 40.2 Å². The molecule has 0 aliphatic carbocycles. The van der Waals surface area contributed by atoms with E-state index in [-0.39, 0.29) is 0 Å². The Balaban J connectivity index is 3.20. The van der Waals surface area contributed by atoms with Crippen LogP contribution in [0.25, 0.3) is 0 Å². The monoisotopic (exact) mass is 112 g/mol. The molecule has 0 heterocycles. The van der Waals surface area contributed by atoms with Gasteiger partial charge in [-0.3, -0.25) is 0 Å². The third kappa shape index (κ3) is 3.99. The summed E-state index contributed by atoms with van der Waals surface area (Å²) in [5, 5.41) is 0. The first kappa shape index (κ1) is 4.99. The average Bonchev–Trinajstić information content (AvgIpc) is 1.38. The molecule has 0 aromatic heterocycles. The van der Waals surface area contributed by atoms with Crippen molar-refractivity contribution in [3.63, 3.8) is 0 Å². The van der Waals surface area contributed by atoms with Gasteiger partial charge >= 0.3 is 39.5 Å².